The number of nitrogens with zero attached hydrogens (tertiary/aromatic N) is 1. The summed E-state index contributed by atoms with van der Waals surface area (Å²) in [5.41, 5.74) is 1.44. The highest BCUT2D eigenvalue weighted by atomic mass is 16.6. The molecule has 1 N–H and O–H groups in total. The molecule has 1 aliphatic heterocycles. The van der Waals surface area contributed by atoms with E-state index in [9.17, 15) is 4.79 Å². The fourth-order valence-electron chi connectivity index (χ4n) is 3.01. The Morgan fingerprint density at radius 1 is 1.42 bits per heavy atom. The minimum atomic E-state index is -0.176. The van der Waals surface area contributed by atoms with Gasteiger partial charge in [0.05, 0.1) is 0 Å². The van der Waals surface area contributed by atoms with E-state index >= 15 is 0 Å². The van der Waals surface area contributed by atoms with Crippen molar-refractivity contribution in [2.75, 3.05) is 26.7 Å². The molecule has 1 aliphatic carbocycles. The number of nitrogens with one attached hydrogen (secondary N) is 1. The number of amides is 1. The van der Waals surface area contributed by atoms with Crippen LogP contribution in [-0.2, 0) is 11.3 Å². The van der Waals surface area contributed by atoms with E-state index in [0.29, 0.717) is 12.0 Å². The molecule has 4 nitrogen and oxygen atoms in total. The third-order valence-electron chi connectivity index (χ3n) is 4.28. The van der Waals surface area contributed by atoms with Gasteiger partial charge >= 0.3 is 6.09 Å². The Balaban J connectivity index is 1.42. The molecule has 1 unspecified atom stereocenters. The molecule has 0 bridgehead atoms. The van der Waals surface area contributed by atoms with Gasteiger partial charge in [-0.05, 0) is 31.5 Å². The zero-order valence-corrected chi connectivity index (χ0v) is 11.3. The zero-order valence-electron chi connectivity index (χ0n) is 11.3. The Morgan fingerprint density at radius 2 is 2.16 bits per heavy atom. The molecule has 102 valence electrons. The first kappa shape index (κ1) is 12.5. The lowest BCUT2D eigenvalue weighted by Gasteiger charge is -2.40. The summed E-state index contributed by atoms with van der Waals surface area (Å²) in [6.45, 7) is 3.16. The van der Waals surface area contributed by atoms with Crippen molar-refractivity contribution in [2.45, 2.75) is 13.0 Å². The molecular weight excluding hydrogens is 240 g/mol. The van der Waals surface area contributed by atoms with Crippen molar-refractivity contribution in [3.8, 4) is 0 Å². The van der Waals surface area contributed by atoms with E-state index in [4.69, 9.17) is 4.74 Å². The number of carbonyl (C=O) groups is 1. The van der Waals surface area contributed by atoms with Crippen LogP contribution in [-0.4, -0.2) is 37.7 Å². The lowest BCUT2D eigenvalue weighted by atomic mass is 9.94. The predicted octanol–water partition coefficient (Wildman–Crippen LogP) is 1.86. The molecule has 1 saturated heterocycles. The molecule has 1 heterocycles. The summed E-state index contributed by atoms with van der Waals surface area (Å²) in [5.74, 6) is 0.746. The van der Waals surface area contributed by atoms with Crippen LogP contribution in [0.1, 0.15) is 12.0 Å². The summed E-state index contributed by atoms with van der Waals surface area (Å²) >= 11 is 0. The van der Waals surface area contributed by atoms with Gasteiger partial charge in [-0.1, -0.05) is 30.3 Å². The lowest BCUT2D eigenvalue weighted by Crippen LogP contribution is -2.53. The fraction of sp³-hybridized carbons (Fsp3) is 0.533. The quantitative estimate of drug-likeness (QED) is 0.898. The normalized spacial score (nSPS) is 23.0. The zero-order chi connectivity index (χ0) is 13.3. The second kappa shape index (κ2) is 4.85. The standard InChI is InChI=1S/C15H20N2O2/c1-16-8-13-7-15(13)10-17(11-15)14(18)19-9-12-5-3-2-4-6-12/h2-6,13,16H,7-11H2,1H3. The first-order chi connectivity index (χ1) is 9.23. The average Bonchev–Trinajstić information content (AvgIpc) is 3.10. The van der Waals surface area contributed by atoms with Crippen LogP contribution in [0, 0.1) is 11.3 Å². The van der Waals surface area contributed by atoms with Crippen LogP contribution in [0.2, 0.25) is 0 Å². The molecule has 19 heavy (non-hydrogen) atoms. The van der Waals surface area contributed by atoms with Crippen LogP contribution < -0.4 is 5.32 Å². The third-order valence-corrected chi connectivity index (χ3v) is 4.28. The molecule has 1 amide bonds. The molecule has 1 saturated carbocycles. The highest BCUT2D eigenvalue weighted by Gasteiger charge is 2.62. The summed E-state index contributed by atoms with van der Waals surface area (Å²) in [6, 6.07) is 9.80. The summed E-state index contributed by atoms with van der Waals surface area (Å²) in [4.78, 5) is 13.7. The second-order valence-electron chi connectivity index (χ2n) is 5.72. The average molecular weight is 260 g/mol. The monoisotopic (exact) mass is 260 g/mol. The van der Waals surface area contributed by atoms with Crippen molar-refractivity contribution < 1.29 is 9.53 Å². The third kappa shape index (κ3) is 2.45. The van der Waals surface area contributed by atoms with Crippen molar-refractivity contribution in [2.24, 2.45) is 11.3 Å². The van der Waals surface area contributed by atoms with Crippen LogP contribution >= 0.6 is 0 Å². The van der Waals surface area contributed by atoms with Gasteiger partial charge in [-0.2, -0.15) is 0 Å². The van der Waals surface area contributed by atoms with Gasteiger partial charge in [0.1, 0.15) is 6.61 Å². The molecule has 0 radical (unpaired) electrons. The maximum absolute atomic E-state index is 11.9. The molecular formula is C15H20N2O2. The lowest BCUT2D eigenvalue weighted by molar-refractivity contribution is 0.0351. The van der Waals surface area contributed by atoms with Crippen molar-refractivity contribution in [1.29, 1.82) is 0 Å². The van der Waals surface area contributed by atoms with E-state index in [1.807, 2.05) is 42.3 Å². The predicted molar refractivity (Wildman–Crippen MR) is 72.7 cm³/mol. The minimum absolute atomic E-state index is 0.176. The molecule has 4 heteroatoms. The number of likely N-dealkylation sites (tertiary alicyclic amines) is 1. The van der Waals surface area contributed by atoms with Gasteiger partial charge in [0.2, 0.25) is 0 Å². The number of benzene rings is 1. The van der Waals surface area contributed by atoms with Gasteiger partial charge in [0, 0.05) is 18.5 Å². The number of hydrogen-bond acceptors (Lipinski definition) is 3. The number of ether oxygens (including phenoxy) is 1. The Labute approximate surface area is 113 Å². The fourth-order valence-corrected chi connectivity index (χ4v) is 3.01. The molecule has 0 aromatic heterocycles. The van der Waals surface area contributed by atoms with Crippen molar-refractivity contribution >= 4 is 6.09 Å². The maximum Gasteiger partial charge on any atom is 0.410 e. The first-order valence-corrected chi connectivity index (χ1v) is 6.84. The highest BCUT2D eigenvalue weighted by Crippen LogP contribution is 2.58. The molecule has 1 spiro atoms. The topological polar surface area (TPSA) is 41.6 Å². The van der Waals surface area contributed by atoms with Crippen molar-refractivity contribution in [3.63, 3.8) is 0 Å². The van der Waals surface area contributed by atoms with Gasteiger partial charge in [-0.15, -0.1) is 0 Å². The van der Waals surface area contributed by atoms with E-state index in [-0.39, 0.29) is 6.09 Å². The molecule has 1 aromatic carbocycles. The second-order valence-corrected chi connectivity index (χ2v) is 5.72. The van der Waals surface area contributed by atoms with Gasteiger partial charge in [0.15, 0.2) is 0 Å². The van der Waals surface area contributed by atoms with Crippen molar-refractivity contribution in [3.05, 3.63) is 35.9 Å². The van der Waals surface area contributed by atoms with Crippen LogP contribution in [0.25, 0.3) is 0 Å². The Morgan fingerprint density at radius 3 is 2.84 bits per heavy atom. The molecule has 1 atom stereocenters. The largest absolute Gasteiger partial charge is 0.445 e. The van der Waals surface area contributed by atoms with E-state index in [1.54, 1.807) is 0 Å². The van der Waals surface area contributed by atoms with Crippen LogP contribution in [0.15, 0.2) is 30.3 Å². The van der Waals surface area contributed by atoms with Crippen LogP contribution in [0.3, 0.4) is 0 Å². The number of rotatable bonds is 4. The summed E-state index contributed by atoms with van der Waals surface area (Å²) in [5, 5.41) is 3.21. The molecule has 1 aromatic rings. The summed E-state index contributed by atoms with van der Waals surface area (Å²) in [7, 11) is 1.98. The van der Waals surface area contributed by atoms with E-state index in [0.717, 1.165) is 31.1 Å². The van der Waals surface area contributed by atoms with Crippen molar-refractivity contribution in [1.82, 2.24) is 10.2 Å². The van der Waals surface area contributed by atoms with Crippen LogP contribution in [0.4, 0.5) is 4.79 Å². The highest BCUT2D eigenvalue weighted by molar-refractivity contribution is 5.69. The van der Waals surface area contributed by atoms with Gasteiger partial charge in [-0.3, -0.25) is 0 Å². The maximum atomic E-state index is 11.9. The SMILES string of the molecule is CNCC1CC12CN(C(=O)OCc1ccccc1)C2. The van der Waals surface area contributed by atoms with E-state index in [2.05, 4.69) is 5.32 Å². The summed E-state index contributed by atoms with van der Waals surface area (Å²) in [6.07, 6.45) is 1.07. The van der Waals surface area contributed by atoms with Gasteiger partial charge in [-0.25, -0.2) is 4.79 Å². The summed E-state index contributed by atoms with van der Waals surface area (Å²) < 4.78 is 5.32. The number of hydrogen-bond donors (Lipinski definition) is 1. The minimum Gasteiger partial charge on any atom is -0.445 e. The van der Waals surface area contributed by atoms with E-state index < -0.39 is 0 Å². The Hall–Kier alpha value is -1.55. The van der Waals surface area contributed by atoms with Gasteiger partial charge in [0.25, 0.3) is 0 Å². The van der Waals surface area contributed by atoms with Gasteiger partial charge < -0.3 is 15.0 Å². The Kier molecular flexibility index (Phi) is 3.19. The smallest absolute Gasteiger partial charge is 0.410 e. The number of carbonyl (C=O) groups excluding carboxylic acids is 1. The Bertz CT molecular complexity index is 454. The molecule has 2 aliphatic rings. The van der Waals surface area contributed by atoms with Crippen LogP contribution in [0.5, 0.6) is 0 Å². The first-order valence-electron chi connectivity index (χ1n) is 6.84. The molecule has 2 fully saturated rings. The van der Waals surface area contributed by atoms with E-state index in [1.165, 1.54) is 6.42 Å². The molecule has 3 rings (SSSR count).